The number of hydrogen-bond donors (Lipinski definition) is 1. The van der Waals surface area contributed by atoms with Crippen LogP contribution < -0.4 is 14.8 Å². The number of hydrogen-bond acceptors (Lipinski definition) is 4. The van der Waals surface area contributed by atoms with Crippen LogP contribution in [0.1, 0.15) is 37.7 Å². The highest BCUT2D eigenvalue weighted by molar-refractivity contribution is 5.74. The minimum absolute atomic E-state index is 0.00933. The zero-order valence-corrected chi connectivity index (χ0v) is 16.0. The maximum atomic E-state index is 12.5. The van der Waals surface area contributed by atoms with Crippen LogP contribution in [0.2, 0.25) is 0 Å². The Morgan fingerprint density at radius 2 is 1.62 bits per heavy atom. The number of piperazine rings is 1. The molecule has 2 amide bonds. The summed E-state index contributed by atoms with van der Waals surface area (Å²) in [5.41, 5.74) is 0.968. The van der Waals surface area contributed by atoms with E-state index in [9.17, 15) is 4.79 Å². The van der Waals surface area contributed by atoms with Crippen LogP contribution in [0.5, 0.6) is 11.5 Å². The molecule has 1 aromatic carbocycles. The summed E-state index contributed by atoms with van der Waals surface area (Å²) in [5, 5.41) is 3.02. The number of carbonyl (C=O) groups is 1. The van der Waals surface area contributed by atoms with Gasteiger partial charge < -0.3 is 19.7 Å². The molecule has 2 fully saturated rings. The molecular weight excluding hydrogens is 330 g/mol. The van der Waals surface area contributed by atoms with Crippen LogP contribution in [0, 0.1) is 0 Å². The van der Waals surface area contributed by atoms with Crippen molar-refractivity contribution in [2.75, 3.05) is 40.4 Å². The molecule has 0 radical (unpaired) electrons. The monoisotopic (exact) mass is 361 g/mol. The van der Waals surface area contributed by atoms with Crippen molar-refractivity contribution in [3.63, 3.8) is 0 Å². The van der Waals surface area contributed by atoms with Gasteiger partial charge in [0.05, 0.1) is 14.2 Å². The third-order valence-corrected chi connectivity index (χ3v) is 5.55. The summed E-state index contributed by atoms with van der Waals surface area (Å²) in [7, 11) is 3.26. The van der Waals surface area contributed by atoms with Crippen molar-refractivity contribution in [1.29, 1.82) is 0 Å². The average molecular weight is 361 g/mol. The molecule has 1 saturated carbocycles. The standard InChI is InChI=1S/C20H31N3O3/c1-25-18-12-16(13-19(14-18)26-2)15-21-20(24)23-10-8-22(9-11-23)17-6-4-3-5-7-17/h12-14,17H,3-11,15H2,1-2H3,(H,21,24). The SMILES string of the molecule is COc1cc(CNC(=O)N2CCN(C3CCCCC3)CC2)cc(OC)c1. The van der Waals surface area contributed by atoms with Crippen molar-refractivity contribution in [2.45, 2.75) is 44.7 Å². The van der Waals surface area contributed by atoms with Crippen LogP contribution in [0.25, 0.3) is 0 Å². The minimum atomic E-state index is 0.00933. The first-order chi connectivity index (χ1) is 12.7. The fourth-order valence-corrected chi connectivity index (χ4v) is 3.99. The summed E-state index contributed by atoms with van der Waals surface area (Å²) in [6.45, 7) is 4.07. The Kier molecular flexibility index (Phi) is 6.61. The first-order valence-corrected chi connectivity index (χ1v) is 9.68. The molecule has 6 heteroatoms. The predicted octanol–water partition coefficient (Wildman–Crippen LogP) is 2.86. The number of benzene rings is 1. The maximum absolute atomic E-state index is 12.5. The Morgan fingerprint density at radius 1 is 1.00 bits per heavy atom. The lowest BCUT2D eigenvalue weighted by atomic mass is 9.94. The van der Waals surface area contributed by atoms with Gasteiger partial charge in [-0.2, -0.15) is 0 Å². The molecule has 6 nitrogen and oxygen atoms in total. The molecule has 3 rings (SSSR count). The third-order valence-electron chi connectivity index (χ3n) is 5.55. The number of nitrogens with one attached hydrogen (secondary N) is 1. The maximum Gasteiger partial charge on any atom is 0.317 e. The lowest BCUT2D eigenvalue weighted by Gasteiger charge is -2.40. The summed E-state index contributed by atoms with van der Waals surface area (Å²) in [6.07, 6.45) is 6.74. The number of methoxy groups -OCH3 is 2. The van der Waals surface area contributed by atoms with Crippen molar-refractivity contribution in [3.8, 4) is 11.5 Å². The van der Waals surface area contributed by atoms with Gasteiger partial charge >= 0.3 is 6.03 Å². The smallest absolute Gasteiger partial charge is 0.317 e. The van der Waals surface area contributed by atoms with Gasteiger partial charge in [0.2, 0.25) is 0 Å². The molecule has 0 spiro atoms. The quantitative estimate of drug-likeness (QED) is 0.876. The number of carbonyl (C=O) groups excluding carboxylic acids is 1. The Balaban J connectivity index is 1.47. The van der Waals surface area contributed by atoms with Gasteiger partial charge in [-0.25, -0.2) is 4.79 Å². The average Bonchev–Trinajstić information content (AvgIpc) is 2.72. The molecule has 0 bridgehead atoms. The highest BCUT2D eigenvalue weighted by atomic mass is 16.5. The van der Waals surface area contributed by atoms with E-state index < -0.39 is 0 Å². The van der Waals surface area contributed by atoms with Crippen LogP contribution >= 0.6 is 0 Å². The summed E-state index contributed by atoms with van der Waals surface area (Å²) in [4.78, 5) is 17.0. The zero-order valence-electron chi connectivity index (χ0n) is 16.0. The number of amides is 2. The highest BCUT2D eigenvalue weighted by Gasteiger charge is 2.26. The molecule has 26 heavy (non-hydrogen) atoms. The second-order valence-corrected chi connectivity index (χ2v) is 7.19. The Morgan fingerprint density at radius 3 is 2.19 bits per heavy atom. The van der Waals surface area contributed by atoms with E-state index in [0.717, 1.165) is 49.3 Å². The van der Waals surface area contributed by atoms with Crippen LogP contribution in [-0.2, 0) is 6.54 Å². The van der Waals surface area contributed by atoms with Gasteiger partial charge in [0.1, 0.15) is 11.5 Å². The molecule has 0 aromatic heterocycles. The van der Waals surface area contributed by atoms with Gasteiger partial charge in [-0.1, -0.05) is 19.3 Å². The van der Waals surface area contributed by atoms with Gasteiger partial charge in [0.25, 0.3) is 0 Å². The molecule has 0 unspecified atom stereocenters. The van der Waals surface area contributed by atoms with E-state index in [0.29, 0.717) is 6.54 Å². The molecule has 1 aromatic rings. The molecule has 1 heterocycles. The van der Waals surface area contributed by atoms with Crippen LogP contribution in [0.4, 0.5) is 4.79 Å². The first kappa shape index (κ1) is 18.8. The van der Waals surface area contributed by atoms with E-state index in [1.54, 1.807) is 14.2 Å². The number of rotatable bonds is 5. The van der Waals surface area contributed by atoms with Crippen molar-refractivity contribution in [3.05, 3.63) is 23.8 Å². The normalized spacial score (nSPS) is 19.2. The summed E-state index contributed by atoms with van der Waals surface area (Å²) < 4.78 is 10.6. The van der Waals surface area contributed by atoms with Gasteiger partial charge in [-0.15, -0.1) is 0 Å². The van der Waals surface area contributed by atoms with Crippen molar-refractivity contribution < 1.29 is 14.3 Å². The molecule has 144 valence electrons. The van der Waals surface area contributed by atoms with Crippen molar-refractivity contribution >= 4 is 6.03 Å². The van der Waals surface area contributed by atoms with E-state index in [-0.39, 0.29) is 6.03 Å². The summed E-state index contributed by atoms with van der Waals surface area (Å²) in [5.74, 6) is 1.46. The van der Waals surface area contributed by atoms with Crippen LogP contribution in [-0.4, -0.2) is 62.3 Å². The second kappa shape index (κ2) is 9.12. The first-order valence-electron chi connectivity index (χ1n) is 9.68. The molecule has 1 aliphatic heterocycles. The van der Waals surface area contributed by atoms with E-state index in [1.165, 1.54) is 32.1 Å². The Bertz CT molecular complexity index is 572. The van der Waals surface area contributed by atoms with E-state index in [4.69, 9.17) is 9.47 Å². The zero-order chi connectivity index (χ0) is 18.4. The van der Waals surface area contributed by atoms with Crippen molar-refractivity contribution in [2.24, 2.45) is 0 Å². The van der Waals surface area contributed by atoms with E-state index >= 15 is 0 Å². The second-order valence-electron chi connectivity index (χ2n) is 7.19. The third kappa shape index (κ3) is 4.81. The fourth-order valence-electron chi connectivity index (χ4n) is 3.99. The summed E-state index contributed by atoms with van der Waals surface area (Å²) >= 11 is 0. The Labute approximate surface area is 156 Å². The summed E-state index contributed by atoms with van der Waals surface area (Å²) in [6, 6.07) is 6.41. The molecule has 1 N–H and O–H groups in total. The van der Waals surface area contributed by atoms with E-state index in [2.05, 4.69) is 10.2 Å². The number of urea groups is 1. The Hall–Kier alpha value is -1.95. The lowest BCUT2D eigenvalue weighted by molar-refractivity contribution is 0.0905. The largest absolute Gasteiger partial charge is 0.497 e. The lowest BCUT2D eigenvalue weighted by Crippen LogP contribution is -2.54. The highest BCUT2D eigenvalue weighted by Crippen LogP contribution is 2.24. The van der Waals surface area contributed by atoms with Gasteiger partial charge in [-0.05, 0) is 30.5 Å². The predicted molar refractivity (Wildman–Crippen MR) is 102 cm³/mol. The van der Waals surface area contributed by atoms with Gasteiger partial charge in [0, 0.05) is 44.8 Å². The van der Waals surface area contributed by atoms with E-state index in [1.807, 2.05) is 23.1 Å². The number of nitrogens with zero attached hydrogens (tertiary/aromatic N) is 2. The van der Waals surface area contributed by atoms with Crippen LogP contribution in [0.3, 0.4) is 0 Å². The van der Waals surface area contributed by atoms with Crippen molar-refractivity contribution in [1.82, 2.24) is 15.1 Å². The van der Waals surface area contributed by atoms with Gasteiger partial charge in [-0.3, -0.25) is 4.90 Å². The molecular formula is C20H31N3O3. The topological polar surface area (TPSA) is 54.0 Å². The molecule has 0 atom stereocenters. The molecule has 1 aliphatic carbocycles. The molecule has 2 aliphatic rings. The number of ether oxygens (including phenoxy) is 2. The van der Waals surface area contributed by atoms with Gasteiger partial charge in [0.15, 0.2) is 0 Å². The minimum Gasteiger partial charge on any atom is -0.497 e. The van der Waals surface area contributed by atoms with Crippen LogP contribution in [0.15, 0.2) is 18.2 Å². The fraction of sp³-hybridized carbons (Fsp3) is 0.650. The molecule has 1 saturated heterocycles.